The van der Waals surface area contributed by atoms with Gasteiger partial charge in [-0.1, -0.05) is 42.5 Å². The summed E-state index contributed by atoms with van der Waals surface area (Å²) in [5.41, 5.74) is 12.8. The number of azo groups is 1. The van der Waals surface area contributed by atoms with Gasteiger partial charge in [-0.2, -0.15) is 32.2 Å². The zero-order valence-corrected chi connectivity index (χ0v) is 27.6. The maximum absolute atomic E-state index is 13.6. The summed E-state index contributed by atoms with van der Waals surface area (Å²) in [6, 6.07) is 23.0. The van der Waals surface area contributed by atoms with Gasteiger partial charge in [0.25, 0.3) is 20.2 Å². The molecule has 0 radical (unpaired) electrons. The highest BCUT2D eigenvalue weighted by atomic mass is 32.2. The van der Waals surface area contributed by atoms with E-state index in [1.54, 1.807) is 66.7 Å². The Hall–Kier alpha value is -6.40. The monoisotopic (exact) mass is 723 g/mol. The van der Waals surface area contributed by atoms with Gasteiger partial charge in [0.2, 0.25) is 5.78 Å². The molecule has 6 N–H and O–H groups in total. The van der Waals surface area contributed by atoms with E-state index in [9.17, 15) is 35.5 Å². The third-order valence-electron chi connectivity index (χ3n) is 7.42. The molecule has 4 aromatic carbocycles. The molecular formula is C34H25N7O8S2. The van der Waals surface area contributed by atoms with Gasteiger partial charge >= 0.3 is 0 Å². The van der Waals surface area contributed by atoms with Crippen LogP contribution in [0.25, 0.3) is 17.2 Å². The minimum atomic E-state index is -5.05. The molecule has 17 heteroatoms. The van der Waals surface area contributed by atoms with Gasteiger partial charge in [-0.25, -0.2) is 0 Å². The van der Waals surface area contributed by atoms with Gasteiger partial charge in [-0.3, -0.25) is 29.5 Å². The molecule has 0 saturated heterocycles. The smallest absolute Gasteiger partial charge is 0.296 e. The molecular weight excluding hydrogens is 699 g/mol. The number of allylic oxidation sites excluding steroid dienone is 5. The zero-order chi connectivity index (χ0) is 36.3. The highest BCUT2D eigenvalue weighted by Crippen LogP contribution is 2.41. The van der Waals surface area contributed by atoms with Crippen LogP contribution in [-0.4, -0.2) is 48.9 Å². The molecule has 0 atom stereocenters. The molecule has 2 aliphatic carbocycles. The van der Waals surface area contributed by atoms with Gasteiger partial charge < -0.3 is 5.73 Å². The molecule has 0 aromatic heterocycles. The molecule has 15 nitrogen and oxygen atoms in total. The van der Waals surface area contributed by atoms with E-state index in [0.717, 1.165) is 23.3 Å². The first-order valence-corrected chi connectivity index (χ1v) is 17.6. The van der Waals surface area contributed by atoms with Crippen LogP contribution in [0.4, 0.5) is 28.4 Å². The average molecular weight is 724 g/mol. The summed E-state index contributed by atoms with van der Waals surface area (Å²) in [6.45, 7) is 0. The number of nitrogens with zero attached hydrogens (tertiary/aromatic N) is 4. The minimum absolute atomic E-state index is 0.109. The number of carbonyl (C=O) groups is 2. The van der Waals surface area contributed by atoms with Crippen LogP contribution in [0.15, 0.2) is 139 Å². The average Bonchev–Trinajstić information content (AvgIpc) is 3.10. The molecule has 4 aromatic rings. The molecule has 0 unspecified atom stereocenters. The molecule has 6 rings (SSSR count). The Balaban J connectivity index is 1.29. The van der Waals surface area contributed by atoms with Crippen LogP contribution in [0.1, 0.15) is 15.9 Å². The molecule has 0 bridgehead atoms. The Labute approximate surface area is 290 Å². The predicted octanol–water partition coefficient (Wildman–Crippen LogP) is 5.95. The number of benzene rings is 4. The number of hydrogen-bond acceptors (Lipinski definition) is 13. The highest BCUT2D eigenvalue weighted by molar-refractivity contribution is 7.91. The van der Waals surface area contributed by atoms with Crippen LogP contribution in [0.2, 0.25) is 0 Å². The van der Waals surface area contributed by atoms with E-state index in [2.05, 4.69) is 31.3 Å². The van der Waals surface area contributed by atoms with E-state index in [-0.39, 0.29) is 22.6 Å². The second kappa shape index (κ2) is 13.8. The van der Waals surface area contributed by atoms with Crippen molar-refractivity contribution >= 4 is 77.7 Å². The SMILES string of the molecule is Nc1c(N=Nc2ccc(-c3ccc(NN=C4C=CC(=O)C=C4)cc3)cc2)c(S(=O)(=O)O)cc2c1C(=O)C(=NNc1ccccc1)C(S(=O)(=O)O)=C2. The van der Waals surface area contributed by atoms with Crippen molar-refractivity contribution in [2.24, 2.45) is 20.4 Å². The number of hydrazone groups is 2. The number of anilines is 3. The molecule has 0 fully saturated rings. The molecule has 0 heterocycles. The summed E-state index contributed by atoms with van der Waals surface area (Å²) in [4.78, 5) is 23.1. The molecule has 51 heavy (non-hydrogen) atoms. The second-order valence-electron chi connectivity index (χ2n) is 10.9. The normalized spacial score (nSPS) is 15.2. The van der Waals surface area contributed by atoms with Crippen molar-refractivity contribution in [2.75, 3.05) is 16.6 Å². The van der Waals surface area contributed by atoms with Crippen molar-refractivity contribution in [2.45, 2.75) is 4.90 Å². The number of nitrogens with one attached hydrogen (secondary N) is 2. The molecule has 0 amide bonds. The summed E-state index contributed by atoms with van der Waals surface area (Å²) in [6.07, 6.45) is 6.85. The first kappa shape index (κ1) is 34.5. The van der Waals surface area contributed by atoms with Gasteiger partial charge in [-0.05, 0) is 89.5 Å². The lowest BCUT2D eigenvalue weighted by Crippen LogP contribution is -2.28. The Bertz CT molecular complexity index is 2470. The number of ketones is 2. The van der Waals surface area contributed by atoms with Gasteiger partial charge in [0.1, 0.15) is 15.5 Å². The van der Waals surface area contributed by atoms with Gasteiger partial charge in [0, 0.05) is 0 Å². The number of carbonyl (C=O) groups excluding carboxylic acids is 2. The fourth-order valence-electron chi connectivity index (χ4n) is 4.95. The Morgan fingerprint density at radius 1 is 0.667 bits per heavy atom. The first-order chi connectivity index (χ1) is 24.3. The first-order valence-electron chi connectivity index (χ1n) is 14.7. The summed E-state index contributed by atoms with van der Waals surface area (Å²) < 4.78 is 69.2. The molecule has 256 valence electrons. The van der Waals surface area contributed by atoms with Crippen molar-refractivity contribution in [3.05, 3.63) is 125 Å². The van der Waals surface area contributed by atoms with E-state index in [1.165, 1.54) is 12.2 Å². The van der Waals surface area contributed by atoms with Gasteiger partial charge in [0.15, 0.2) is 11.5 Å². The predicted molar refractivity (Wildman–Crippen MR) is 192 cm³/mol. The van der Waals surface area contributed by atoms with Crippen LogP contribution in [-0.2, 0) is 25.0 Å². The van der Waals surface area contributed by atoms with Crippen LogP contribution in [0, 0.1) is 0 Å². The lowest BCUT2D eigenvalue weighted by molar-refractivity contribution is -0.110. The van der Waals surface area contributed by atoms with Crippen molar-refractivity contribution in [1.29, 1.82) is 0 Å². The number of Topliss-reactive ketones (excluding diaryl/α,β-unsaturated/α-hetero) is 1. The fraction of sp³-hybridized carbons (Fsp3) is 0. The van der Waals surface area contributed by atoms with Crippen LogP contribution in [0.3, 0.4) is 0 Å². The lowest BCUT2D eigenvalue weighted by atomic mass is 9.92. The Morgan fingerprint density at radius 3 is 1.86 bits per heavy atom. The fourth-order valence-corrected chi connectivity index (χ4v) is 6.28. The summed E-state index contributed by atoms with van der Waals surface area (Å²) in [5.74, 6) is -1.18. The van der Waals surface area contributed by atoms with E-state index < -0.39 is 52.9 Å². The van der Waals surface area contributed by atoms with Crippen molar-refractivity contribution in [1.82, 2.24) is 0 Å². The van der Waals surface area contributed by atoms with Crippen LogP contribution >= 0.6 is 0 Å². The van der Waals surface area contributed by atoms with E-state index in [4.69, 9.17) is 5.73 Å². The largest absolute Gasteiger partial charge is 0.396 e. The van der Waals surface area contributed by atoms with Gasteiger partial charge in [0.05, 0.1) is 34.0 Å². The molecule has 2 aliphatic rings. The highest BCUT2D eigenvalue weighted by Gasteiger charge is 2.37. The quantitative estimate of drug-likeness (QED) is 0.0444. The second-order valence-corrected chi connectivity index (χ2v) is 13.6. The molecule has 0 spiro atoms. The Morgan fingerprint density at radius 2 is 1.25 bits per heavy atom. The summed E-state index contributed by atoms with van der Waals surface area (Å²) in [5, 5.41) is 16.2. The number of para-hydroxylation sites is 1. The number of rotatable bonds is 9. The third kappa shape index (κ3) is 7.76. The topological polar surface area (TPSA) is 242 Å². The number of nitrogens with two attached hydrogens (primary N) is 1. The maximum atomic E-state index is 13.6. The standard InChI is InChI=1S/C34H25N7O8S2/c35-31-30-22(19-29(51(47,48)49)33(34(30)43)41-38-23-4-2-1-3-5-23)18-28(50(44,45)46)32(31)40-39-25-12-8-21(9-13-25)20-6-10-24(11-7-20)36-37-26-14-16-27(42)17-15-26/h1-19,36,38H,35H2,(H,44,45,46)(H,47,48,49). The zero-order valence-electron chi connectivity index (χ0n) is 26.0. The molecule has 0 saturated carbocycles. The van der Waals surface area contributed by atoms with Gasteiger partial charge in [-0.15, -0.1) is 5.11 Å². The van der Waals surface area contributed by atoms with Crippen molar-refractivity contribution in [3.63, 3.8) is 0 Å². The Kier molecular flexibility index (Phi) is 9.35. The maximum Gasteiger partial charge on any atom is 0.296 e. The van der Waals surface area contributed by atoms with Crippen molar-refractivity contribution < 1.29 is 35.5 Å². The van der Waals surface area contributed by atoms with E-state index >= 15 is 0 Å². The van der Waals surface area contributed by atoms with Crippen LogP contribution < -0.4 is 16.6 Å². The summed E-state index contributed by atoms with van der Waals surface area (Å²) in [7, 11) is -10.1. The lowest BCUT2D eigenvalue weighted by Gasteiger charge is -2.20. The minimum Gasteiger partial charge on any atom is -0.396 e. The molecule has 0 aliphatic heterocycles. The van der Waals surface area contributed by atoms with E-state index in [0.29, 0.717) is 17.1 Å². The number of fused-ring (bicyclic) bond motifs is 1. The van der Waals surface area contributed by atoms with Crippen molar-refractivity contribution in [3.8, 4) is 11.1 Å². The number of hydrogen-bond donors (Lipinski definition) is 5. The van der Waals surface area contributed by atoms with Crippen LogP contribution in [0.5, 0.6) is 0 Å². The summed E-state index contributed by atoms with van der Waals surface area (Å²) >= 11 is 0. The van der Waals surface area contributed by atoms with E-state index in [1.807, 2.05) is 24.3 Å². The number of nitrogen functional groups attached to an aromatic ring is 1. The third-order valence-corrected chi connectivity index (χ3v) is 9.16.